The van der Waals surface area contributed by atoms with Crippen LogP contribution in [-0.2, 0) is 0 Å². The smallest absolute Gasteiger partial charge is 0.130 e. The fraction of sp³-hybridized carbons (Fsp3) is 0.692. The molecule has 1 aromatic rings. The molecule has 1 heterocycles. The van der Waals surface area contributed by atoms with Crippen molar-refractivity contribution in [2.75, 3.05) is 11.9 Å². The summed E-state index contributed by atoms with van der Waals surface area (Å²) in [4.78, 5) is 8.59. The van der Waals surface area contributed by atoms with Crippen molar-refractivity contribution in [3.8, 4) is 0 Å². The highest BCUT2D eigenvalue weighted by molar-refractivity contribution is 7.99. The number of hydrogen-bond acceptors (Lipinski definition) is 4. The number of anilines is 1. The van der Waals surface area contributed by atoms with E-state index in [-0.39, 0.29) is 0 Å². The molecule has 0 aliphatic heterocycles. The normalized spacial score (nSPS) is 17.0. The SMILES string of the molecule is CCCNc1cc(SC2CCCCC2)ncn1. The van der Waals surface area contributed by atoms with Gasteiger partial charge in [-0.2, -0.15) is 0 Å². The molecule has 1 fully saturated rings. The molecule has 0 spiro atoms. The lowest BCUT2D eigenvalue weighted by atomic mass is 10.0. The summed E-state index contributed by atoms with van der Waals surface area (Å²) in [6, 6.07) is 2.08. The summed E-state index contributed by atoms with van der Waals surface area (Å²) in [5.74, 6) is 0.958. The van der Waals surface area contributed by atoms with E-state index < -0.39 is 0 Å². The lowest BCUT2D eigenvalue weighted by molar-refractivity contribution is 0.515. The van der Waals surface area contributed by atoms with E-state index in [1.165, 1.54) is 32.1 Å². The van der Waals surface area contributed by atoms with Crippen LogP contribution < -0.4 is 5.32 Å². The van der Waals surface area contributed by atoms with Gasteiger partial charge in [-0.25, -0.2) is 9.97 Å². The van der Waals surface area contributed by atoms with E-state index in [2.05, 4.69) is 28.3 Å². The Morgan fingerprint density at radius 1 is 1.29 bits per heavy atom. The maximum atomic E-state index is 4.35. The Kier molecular flexibility index (Phi) is 5.10. The van der Waals surface area contributed by atoms with E-state index in [1.807, 2.05) is 11.8 Å². The third-order valence-corrected chi connectivity index (χ3v) is 4.31. The van der Waals surface area contributed by atoms with Crippen molar-refractivity contribution in [1.29, 1.82) is 0 Å². The first kappa shape index (κ1) is 12.7. The predicted molar refractivity (Wildman–Crippen MR) is 73.5 cm³/mol. The summed E-state index contributed by atoms with van der Waals surface area (Å²) >= 11 is 1.92. The van der Waals surface area contributed by atoms with E-state index in [0.717, 1.165) is 29.1 Å². The van der Waals surface area contributed by atoms with Crippen LogP contribution in [0.15, 0.2) is 17.4 Å². The molecular formula is C13H21N3S. The van der Waals surface area contributed by atoms with Gasteiger partial charge in [0.2, 0.25) is 0 Å². The Balaban J connectivity index is 1.90. The first-order valence-corrected chi connectivity index (χ1v) is 7.49. The highest BCUT2D eigenvalue weighted by Gasteiger charge is 2.15. The average molecular weight is 251 g/mol. The molecule has 0 aromatic carbocycles. The summed E-state index contributed by atoms with van der Waals surface area (Å²) in [6.45, 7) is 3.14. The van der Waals surface area contributed by atoms with Gasteiger partial charge in [0.05, 0.1) is 0 Å². The number of thioether (sulfide) groups is 1. The van der Waals surface area contributed by atoms with Gasteiger partial charge in [0.25, 0.3) is 0 Å². The Bertz CT molecular complexity index is 337. The minimum absolute atomic E-state index is 0.762. The second-order valence-electron chi connectivity index (χ2n) is 4.55. The first-order valence-electron chi connectivity index (χ1n) is 6.61. The Hall–Kier alpha value is -0.770. The fourth-order valence-electron chi connectivity index (χ4n) is 2.11. The summed E-state index contributed by atoms with van der Waals surface area (Å²) < 4.78 is 0. The highest BCUT2D eigenvalue weighted by Crippen LogP contribution is 2.32. The molecule has 1 aromatic heterocycles. The molecule has 0 amide bonds. The molecule has 1 saturated carbocycles. The van der Waals surface area contributed by atoms with Gasteiger partial charge >= 0.3 is 0 Å². The van der Waals surface area contributed by atoms with E-state index in [1.54, 1.807) is 6.33 Å². The van der Waals surface area contributed by atoms with Crippen molar-refractivity contribution < 1.29 is 0 Å². The van der Waals surface area contributed by atoms with Gasteiger partial charge in [-0.3, -0.25) is 0 Å². The Morgan fingerprint density at radius 3 is 2.88 bits per heavy atom. The van der Waals surface area contributed by atoms with Crippen LogP contribution in [0.2, 0.25) is 0 Å². The maximum absolute atomic E-state index is 4.35. The van der Waals surface area contributed by atoms with Crippen molar-refractivity contribution in [2.45, 2.75) is 55.7 Å². The van der Waals surface area contributed by atoms with Crippen LogP contribution in [0, 0.1) is 0 Å². The van der Waals surface area contributed by atoms with Crippen LogP contribution in [0.4, 0.5) is 5.82 Å². The molecule has 3 nitrogen and oxygen atoms in total. The maximum Gasteiger partial charge on any atom is 0.130 e. The van der Waals surface area contributed by atoms with Gasteiger partial charge in [0, 0.05) is 17.9 Å². The summed E-state index contributed by atoms with van der Waals surface area (Å²) in [5.41, 5.74) is 0. The minimum atomic E-state index is 0.762. The summed E-state index contributed by atoms with van der Waals surface area (Å²) in [7, 11) is 0. The number of nitrogens with zero attached hydrogens (tertiary/aromatic N) is 2. The van der Waals surface area contributed by atoms with Gasteiger partial charge in [-0.1, -0.05) is 26.2 Å². The van der Waals surface area contributed by atoms with Crippen LogP contribution in [0.3, 0.4) is 0 Å². The first-order chi connectivity index (χ1) is 8.38. The van der Waals surface area contributed by atoms with Crippen LogP contribution in [-0.4, -0.2) is 21.8 Å². The van der Waals surface area contributed by atoms with E-state index >= 15 is 0 Å². The molecule has 0 atom stereocenters. The van der Waals surface area contributed by atoms with E-state index in [9.17, 15) is 0 Å². The number of nitrogens with one attached hydrogen (secondary N) is 1. The van der Waals surface area contributed by atoms with Gasteiger partial charge in [0.1, 0.15) is 17.2 Å². The number of aromatic nitrogens is 2. The molecule has 0 bridgehead atoms. The molecule has 1 N–H and O–H groups in total. The van der Waals surface area contributed by atoms with Gasteiger partial charge in [0.15, 0.2) is 0 Å². The minimum Gasteiger partial charge on any atom is -0.370 e. The van der Waals surface area contributed by atoms with Gasteiger partial charge < -0.3 is 5.32 Å². The molecular weight excluding hydrogens is 230 g/mol. The third kappa shape index (κ3) is 4.19. The number of hydrogen-bond donors (Lipinski definition) is 1. The second kappa shape index (κ2) is 6.84. The van der Waals surface area contributed by atoms with Crippen LogP contribution >= 0.6 is 11.8 Å². The third-order valence-electron chi connectivity index (χ3n) is 3.04. The summed E-state index contributed by atoms with van der Waals surface area (Å²) in [5, 5.41) is 5.19. The largest absolute Gasteiger partial charge is 0.370 e. The van der Waals surface area contributed by atoms with E-state index in [0.29, 0.717) is 0 Å². The molecule has 4 heteroatoms. The molecule has 0 saturated heterocycles. The lowest BCUT2D eigenvalue weighted by Crippen LogP contribution is -2.08. The average Bonchev–Trinajstić information content (AvgIpc) is 2.38. The molecule has 1 aliphatic carbocycles. The van der Waals surface area contributed by atoms with Crippen molar-refractivity contribution in [3.63, 3.8) is 0 Å². The zero-order chi connectivity index (χ0) is 11.9. The van der Waals surface area contributed by atoms with Crippen molar-refractivity contribution in [1.82, 2.24) is 9.97 Å². The monoisotopic (exact) mass is 251 g/mol. The molecule has 2 rings (SSSR count). The fourth-order valence-corrected chi connectivity index (χ4v) is 3.31. The Labute approximate surface area is 108 Å². The highest BCUT2D eigenvalue weighted by atomic mass is 32.2. The molecule has 0 unspecified atom stereocenters. The Morgan fingerprint density at radius 2 is 2.12 bits per heavy atom. The molecule has 1 aliphatic rings. The molecule has 17 heavy (non-hydrogen) atoms. The lowest BCUT2D eigenvalue weighted by Gasteiger charge is -2.20. The standard InChI is InChI=1S/C13H21N3S/c1-2-8-14-12-9-13(16-10-15-12)17-11-6-4-3-5-7-11/h9-11H,2-8H2,1H3,(H,14,15,16). The van der Waals surface area contributed by atoms with Crippen LogP contribution in [0.1, 0.15) is 45.4 Å². The molecule has 94 valence electrons. The topological polar surface area (TPSA) is 37.8 Å². The second-order valence-corrected chi connectivity index (χ2v) is 5.87. The van der Waals surface area contributed by atoms with Gasteiger partial charge in [-0.05, 0) is 19.3 Å². The zero-order valence-electron chi connectivity index (χ0n) is 10.5. The quantitative estimate of drug-likeness (QED) is 0.809. The van der Waals surface area contributed by atoms with Crippen LogP contribution in [0.25, 0.3) is 0 Å². The van der Waals surface area contributed by atoms with Crippen molar-refractivity contribution >= 4 is 17.6 Å². The van der Waals surface area contributed by atoms with Crippen LogP contribution in [0.5, 0.6) is 0 Å². The predicted octanol–water partition coefficient (Wildman–Crippen LogP) is 3.72. The van der Waals surface area contributed by atoms with Crippen molar-refractivity contribution in [2.24, 2.45) is 0 Å². The summed E-state index contributed by atoms with van der Waals surface area (Å²) in [6.07, 6.45) is 9.63. The van der Waals surface area contributed by atoms with Crippen molar-refractivity contribution in [3.05, 3.63) is 12.4 Å². The zero-order valence-corrected chi connectivity index (χ0v) is 11.3. The van der Waals surface area contributed by atoms with Gasteiger partial charge in [-0.15, -0.1) is 11.8 Å². The van der Waals surface area contributed by atoms with E-state index in [4.69, 9.17) is 0 Å². The number of rotatable bonds is 5. The molecule has 0 radical (unpaired) electrons.